The van der Waals surface area contributed by atoms with Crippen molar-refractivity contribution in [2.75, 3.05) is 20.4 Å². The number of carbonyl (C=O) groups excluding carboxylic acids is 1. The molecule has 0 saturated heterocycles. The van der Waals surface area contributed by atoms with Crippen LogP contribution in [0.2, 0.25) is 0 Å². The van der Waals surface area contributed by atoms with Gasteiger partial charge in [0.1, 0.15) is 6.54 Å². The number of esters is 1. The minimum atomic E-state index is -4.48. The maximum atomic E-state index is 11.6. The van der Waals surface area contributed by atoms with E-state index in [0.717, 1.165) is 17.7 Å². The number of carboxylic acid groups (broad SMARTS) is 1. The summed E-state index contributed by atoms with van der Waals surface area (Å²) >= 11 is 0. The van der Waals surface area contributed by atoms with E-state index in [1.165, 1.54) is 7.05 Å². The minimum absolute atomic E-state index is 0.194. The summed E-state index contributed by atoms with van der Waals surface area (Å²) in [6.45, 7) is 0.750. The molecule has 0 rings (SSSR count). The Hall–Kier alpha value is -1.64. The number of likely N-dealkylation sites (N-methyl/N-ethyl adjacent to an activating group) is 1. The zero-order valence-corrected chi connectivity index (χ0v) is 13.5. The van der Waals surface area contributed by atoms with Gasteiger partial charge in [0.2, 0.25) is 12.8 Å². The van der Waals surface area contributed by atoms with E-state index < -0.39 is 39.0 Å². The summed E-state index contributed by atoms with van der Waals surface area (Å²) in [7, 11) is -3.20. The molecule has 0 amide bonds. The molecule has 10 nitrogen and oxygen atoms in total. The van der Waals surface area contributed by atoms with Crippen LogP contribution in [-0.2, 0) is 23.4 Å². The molecule has 1 unspecified atom stereocenters. The highest BCUT2D eigenvalue weighted by atomic mass is 31.2. The average Bonchev–Trinajstić information content (AvgIpc) is 2.37. The van der Waals surface area contributed by atoms with Crippen LogP contribution in [0.25, 0.3) is 0 Å². The normalized spacial score (nSPS) is 14.2. The largest absolute Gasteiger partial charge is 0.480 e. The Kier molecular flexibility index (Phi) is 9.39. The van der Waals surface area contributed by atoms with Crippen LogP contribution < -0.4 is 5.73 Å². The number of guanidine groups is 1. The maximum Gasteiger partial charge on any atom is 0.457 e. The van der Waals surface area contributed by atoms with Gasteiger partial charge in [-0.3, -0.25) is 14.1 Å². The van der Waals surface area contributed by atoms with Gasteiger partial charge in [-0.05, 0) is 6.42 Å². The molecular weight excluding hydrogens is 317 g/mol. The van der Waals surface area contributed by atoms with Gasteiger partial charge in [0.15, 0.2) is 0 Å². The Morgan fingerprint density at radius 1 is 1.36 bits per heavy atom. The number of hydrogen-bond acceptors (Lipinski definition) is 5. The number of rotatable bonds is 10. The summed E-state index contributed by atoms with van der Waals surface area (Å²) in [4.78, 5) is 32.1. The van der Waals surface area contributed by atoms with Crippen LogP contribution in [0.3, 0.4) is 0 Å². The molecule has 4 N–H and O–H groups in total. The Morgan fingerprint density at radius 2 is 2.00 bits per heavy atom. The van der Waals surface area contributed by atoms with E-state index in [0.29, 0.717) is 6.42 Å². The standard InChI is InChI=1S/C11H22N3O7P/c1-3-4-5-6-10(17)20-8-21-22(18,19)13-11(12)14(2)7-9(15)16/h3-8H2,1-2H3,(H,15,16)(H3,12,13,18,19). The van der Waals surface area contributed by atoms with E-state index in [1.807, 2.05) is 6.92 Å². The van der Waals surface area contributed by atoms with Crippen molar-refractivity contribution in [3.63, 3.8) is 0 Å². The highest BCUT2D eigenvalue weighted by Gasteiger charge is 2.21. The number of unbranched alkanes of at least 4 members (excludes halogenated alkanes) is 2. The number of ether oxygens (including phenoxy) is 1. The van der Waals surface area contributed by atoms with Gasteiger partial charge in [-0.2, -0.15) is 0 Å². The molecule has 0 aromatic heterocycles. The molecule has 0 aromatic rings. The average molecular weight is 339 g/mol. The van der Waals surface area contributed by atoms with Crippen LogP contribution in [0, 0.1) is 0 Å². The fourth-order valence-corrected chi connectivity index (χ4v) is 1.93. The third-order valence-corrected chi connectivity index (χ3v) is 3.32. The lowest BCUT2D eigenvalue weighted by molar-refractivity contribution is -0.150. The van der Waals surface area contributed by atoms with Gasteiger partial charge < -0.3 is 25.4 Å². The lowest BCUT2D eigenvalue weighted by Gasteiger charge is -2.16. The molecule has 1 atom stereocenters. The van der Waals surface area contributed by atoms with Crippen LogP contribution in [0.5, 0.6) is 0 Å². The lowest BCUT2D eigenvalue weighted by Crippen LogP contribution is -2.37. The van der Waals surface area contributed by atoms with Crippen molar-refractivity contribution >= 4 is 25.6 Å². The minimum Gasteiger partial charge on any atom is -0.480 e. The number of carbonyl (C=O) groups is 2. The van der Waals surface area contributed by atoms with Crippen LogP contribution in [-0.4, -0.2) is 53.2 Å². The molecule has 0 aliphatic rings. The molecule has 0 radical (unpaired) electrons. The van der Waals surface area contributed by atoms with Gasteiger partial charge in [0, 0.05) is 13.5 Å². The first-order valence-corrected chi connectivity index (χ1v) is 8.12. The highest BCUT2D eigenvalue weighted by molar-refractivity contribution is 7.51. The summed E-state index contributed by atoms with van der Waals surface area (Å²) in [5.74, 6) is -2.22. The van der Waals surface area contributed by atoms with Crippen molar-refractivity contribution in [2.24, 2.45) is 10.5 Å². The second-order valence-corrected chi connectivity index (χ2v) is 5.86. The molecular formula is C11H22N3O7P. The molecule has 128 valence electrons. The van der Waals surface area contributed by atoms with Gasteiger partial charge >= 0.3 is 19.7 Å². The van der Waals surface area contributed by atoms with Crippen molar-refractivity contribution in [2.45, 2.75) is 32.6 Å². The Balaban J connectivity index is 4.26. The number of nitrogens with two attached hydrogens (primary N) is 1. The molecule has 0 aliphatic carbocycles. The highest BCUT2D eigenvalue weighted by Crippen LogP contribution is 2.43. The zero-order chi connectivity index (χ0) is 17.2. The fourth-order valence-electron chi connectivity index (χ4n) is 1.27. The number of hydrogen-bond donors (Lipinski definition) is 3. The Morgan fingerprint density at radius 3 is 2.55 bits per heavy atom. The van der Waals surface area contributed by atoms with Crippen LogP contribution in [0.15, 0.2) is 4.76 Å². The van der Waals surface area contributed by atoms with Crippen molar-refractivity contribution in [1.29, 1.82) is 0 Å². The van der Waals surface area contributed by atoms with Gasteiger partial charge in [0.05, 0.1) is 0 Å². The summed E-state index contributed by atoms with van der Waals surface area (Å²) < 4.78 is 23.8. The van der Waals surface area contributed by atoms with Crippen LogP contribution >= 0.6 is 7.75 Å². The maximum absolute atomic E-state index is 11.6. The molecule has 0 fully saturated rings. The van der Waals surface area contributed by atoms with E-state index in [9.17, 15) is 19.0 Å². The van der Waals surface area contributed by atoms with Gasteiger partial charge in [-0.25, -0.2) is 4.57 Å². The molecule has 0 spiro atoms. The van der Waals surface area contributed by atoms with E-state index in [1.54, 1.807) is 0 Å². The molecule has 11 heteroatoms. The first-order chi connectivity index (χ1) is 10.2. The summed E-state index contributed by atoms with van der Waals surface area (Å²) in [6.07, 6.45) is 2.69. The second-order valence-electron chi connectivity index (χ2n) is 4.42. The van der Waals surface area contributed by atoms with E-state index >= 15 is 0 Å². The third kappa shape index (κ3) is 10.1. The monoisotopic (exact) mass is 339 g/mol. The Labute approximate surface area is 128 Å². The third-order valence-electron chi connectivity index (χ3n) is 2.42. The van der Waals surface area contributed by atoms with Gasteiger partial charge in [-0.15, -0.1) is 4.76 Å². The first-order valence-electron chi connectivity index (χ1n) is 6.59. The topological polar surface area (TPSA) is 152 Å². The Bertz CT molecular complexity index is 455. The van der Waals surface area contributed by atoms with Crippen molar-refractivity contribution in [3.05, 3.63) is 0 Å². The molecule has 0 saturated carbocycles. The SMILES string of the molecule is CCCCCC(=O)OCOP(=O)(O)N=C(N)N(C)CC(=O)O. The molecule has 0 heterocycles. The van der Waals surface area contributed by atoms with E-state index in [2.05, 4.69) is 14.0 Å². The number of carboxylic acids is 1. The van der Waals surface area contributed by atoms with Crippen LogP contribution in [0.4, 0.5) is 0 Å². The second kappa shape index (κ2) is 10.1. The van der Waals surface area contributed by atoms with E-state index in [4.69, 9.17) is 10.8 Å². The number of aliphatic carboxylic acids is 1. The predicted molar refractivity (Wildman–Crippen MR) is 77.9 cm³/mol. The summed E-state index contributed by atoms with van der Waals surface area (Å²) in [5, 5.41) is 8.55. The predicted octanol–water partition coefficient (Wildman–Crippen LogP) is 0.515. The summed E-state index contributed by atoms with van der Waals surface area (Å²) in [5.41, 5.74) is 5.36. The van der Waals surface area contributed by atoms with Gasteiger partial charge in [0.25, 0.3) is 0 Å². The lowest BCUT2D eigenvalue weighted by atomic mass is 10.2. The molecule has 0 aliphatic heterocycles. The summed E-state index contributed by atoms with van der Waals surface area (Å²) in [6, 6.07) is 0. The van der Waals surface area contributed by atoms with Crippen molar-refractivity contribution in [3.8, 4) is 0 Å². The van der Waals surface area contributed by atoms with E-state index in [-0.39, 0.29) is 6.42 Å². The molecule has 22 heavy (non-hydrogen) atoms. The van der Waals surface area contributed by atoms with Crippen molar-refractivity contribution in [1.82, 2.24) is 4.90 Å². The smallest absolute Gasteiger partial charge is 0.457 e. The fraction of sp³-hybridized carbons (Fsp3) is 0.727. The van der Waals surface area contributed by atoms with Crippen molar-refractivity contribution < 1.29 is 33.4 Å². The molecule has 0 aromatic carbocycles. The first kappa shape index (κ1) is 20.4. The zero-order valence-electron chi connectivity index (χ0n) is 12.6. The number of nitrogens with zero attached hydrogens (tertiary/aromatic N) is 2. The van der Waals surface area contributed by atoms with Gasteiger partial charge in [-0.1, -0.05) is 19.8 Å². The molecule has 0 bridgehead atoms. The quantitative estimate of drug-likeness (QED) is 0.129. The van der Waals surface area contributed by atoms with Crippen LogP contribution in [0.1, 0.15) is 32.6 Å².